The van der Waals surface area contributed by atoms with Crippen LogP contribution in [0.15, 0.2) is 60.7 Å². The number of unbranched alkanes of at least 4 members (excludes halogenated alkanes) is 3. The molecule has 0 saturated carbocycles. The summed E-state index contributed by atoms with van der Waals surface area (Å²) >= 11 is 0. The Balaban J connectivity index is 1.47. The van der Waals surface area contributed by atoms with Crippen molar-refractivity contribution in [1.82, 2.24) is 31.1 Å². The van der Waals surface area contributed by atoms with Gasteiger partial charge in [-0.05, 0) is 72.9 Å². The van der Waals surface area contributed by atoms with E-state index in [1.54, 1.807) is 12.1 Å². The number of aliphatic hydroxyl groups is 1. The second-order valence-electron chi connectivity index (χ2n) is 14.7. The highest BCUT2D eigenvalue weighted by Gasteiger charge is 2.34. The number of benzene rings is 3. The standard InChI is InChI=1S/C42H53N7O11/c1-5-6-7-8-9-24-10-13-26(14-11-24)41(58)48(3)31(22-50)38(55)47-36(43)40(57)44-21-34(53)49(4)35-27-15-17-33(52)29(20-27)28-18-25(12-16-32(28)51)19-30(42(59)60)46-37(54)23(2)45-39(35)56/h10-18,20,23,30-31,35-36,50-52H,5-9,19,21-22,43H2,1-4H3,(H,44,57)(H,45,56)(H,46,54)(H,47,55)(H,59,60)/t23-,30-,31+,35-,36-/m0/s1. The highest BCUT2D eigenvalue weighted by Crippen LogP contribution is 2.38. The molecule has 0 fully saturated rings. The fraction of sp³-hybridized carbons (Fsp3) is 0.405. The molecule has 0 radical (unpaired) electrons. The summed E-state index contributed by atoms with van der Waals surface area (Å²) in [6.45, 7) is 1.90. The van der Waals surface area contributed by atoms with Gasteiger partial charge in [0.15, 0.2) is 6.17 Å². The number of carboxylic acid groups (broad SMARTS) is 1. The third-order valence-electron chi connectivity index (χ3n) is 10.3. The lowest BCUT2D eigenvalue weighted by Gasteiger charge is -2.30. The van der Waals surface area contributed by atoms with Gasteiger partial charge in [-0.3, -0.25) is 28.8 Å². The first-order valence-corrected chi connectivity index (χ1v) is 19.5. The van der Waals surface area contributed by atoms with Gasteiger partial charge in [0.2, 0.25) is 23.6 Å². The van der Waals surface area contributed by atoms with Crippen molar-refractivity contribution >= 4 is 41.4 Å². The topological polar surface area (TPSA) is 281 Å². The van der Waals surface area contributed by atoms with E-state index in [9.17, 15) is 54.0 Å². The normalized spacial score (nSPS) is 17.5. The van der Waals surface area contributed by atoms with E-state index in [4.69, 9.17) is 5.73 Å². The Labute approximate surface area is 347 Å². The van der Waals surface area contributed by atoms with Crippen molar-refractivity contribution in [3.8, 4) is 22.6 Å². The van der Waals surface area contributed by atoms with Crippen LogP contribution in [0.1, 0.15) is 72.6 Å². The van der Waals surface area contributed by atoms with Gasteiger partial charge >= 0.3 is 5.97 Å². The number of phenolic OH excluding ortho intramolecular Hbond substituents is 2. The van der Waals surface area contributed by atoms with E-state index in [0.717, 1.165) is 47.5 Å². The Bertz CT molecular complexity index is 2080. The number of carbonyl (C=O) groups excluding carboxylic acids is 6. The molecule has 1 aliphatic rings. The lowest BCUT2D eigenvalue weighted by Crippen LogP contribution is -2.59. The molecule has 60 heavy (non-hydrogen) atoms. The number of amides is 6. The van der Waals surface area contributed by atoms with Crippen LogP contribution in [0.25, 0.3) is 11.1 Å². The largest absolute Gasteiger partial charge is 0.507 e. The van der Waals surface area contributed by atoms with E-state index in [2.05, 4.69) is 28.2 Å². The summed E-state index contributed by atoms with van der Waals surface area (Å²) in [6, 6.07) is 9.39. The molecule has 1 aliphatic heterocycles. The molecule has 6 amide bonds. The molecule has 0 unspecified atom stereocenters. The number of aliphatic hydroxyl groups excluding tert-OH is 1. The van der Waals surface area contributed by atoms with Crippen molar-refractivity contribution in [2.24, 2.45) is 5.73 Å². The van der Waals surface area contributed by atoms with Crippen LogP contribution in [0.4, 0.5) is 0 Å². The molecular weight excluding hydrogens is 778 g/mol. The minimum Gasteiger partial charge on any atom is -0.507 e. The van der Waals surface area contributed by atoms with Crippen molar-refractivity contribution in [3.63, 3.8) is 0 Å². The van der Waals surface area contributed by atoms with Gasteiger partial charge in [-0.2, -0.15) is 0 Å². The molecule has 4 bridgehead atoms. The summed E-state index contributed by atoms with van der Waals surface area (Å²) in [6.07, 6.45) is 3.32. The number of phenols is 2. The molecule has 0 aliphatic carbocycles. The van der Waals surface area contributed by atoms with Crippen molar-refractivity contribution in [3.05, 3.63) is 82.9 Å². The Morgan fingerprint density at radius 1 is 0.867 bits per heavy atom. The molecule has 5 atom stereocenters. The number of nitrogens with two attached hydrogens (primary N) is 1. The van der Waals surface area contributed by atoms with E-state index in [0.29, 0.717) is 5.56 Å². The molecule has 0 aromatic heterocycles. The SMILES string of the molecule is CCCCCCc1ccc(C(=O)N(C)[C@H](CO)C(=O)N[C@H](N)C(=O)NCC(=O)N(C)[C@@H]2C(=O)N[C@@H](C)C(=O)N[C@H](C(=O)O)Cc3ccc(O)c(c3)-c3cc2ccc3O)cc1. The fourth-order valence-electron chi connectivity index (χ4n) is 6.66. The molecule has 3 aromatic carbocycles. The molecule has 0 saturated heterocycles. The predicted molar refractivity (Wildman–Crippen MR) is 218 cm³/mol. The third-order valence-corrected chi connectivity index (χ3v) is 10.3. The van der Waals surface area contributed by atoms with Crippen molar-refractivity contribution in [2.45, 2.75) is 82.7 Å². The van der Waals surface area contributed by atoms with Crippen LogP contribution < -0.4 is 27.0 Å². The molecular formula is C42H53N7O11. The molecule has 1 heterocycles. The van der Waals surface area contributed by atoms with Gasteiger partial charge in [-0.15, -0.1) is 0 Å². The first-order chi connectivity index (χ1) is 28.5. The first-order valence-electron chi connectivity index (χ1n) is 19.5. The first kappa shape index (κ1) is 46.2. The summed E-state index contributed by atoms with van der Waals surface area (Å²) in [4.78, 5) is 93.9. The van der Waals surface area contributed by atoms with Gasteiger partial charge in [0, 0.05) is 37.2 Å². The lowest BCUT2D eigenvalue weighted by atomic mass is 9.94. The maximum atomic E-state index is 13.8. The summed E-state index contributed by atoms with van der Waals surface area (Å²) < 4.78 is 0. The van der Waals surface area contributed by atoms with Crippen LogP contribution >= 0.6 is 0 Å². The highest BCUT2D eigenvalue weighted by molar-refractivity contribution is 5.99. The van der Waals surface area contributed by atoms with E-state index in [-0.39, 0.29) is 40.2 Å². The molecule has 0 spiro atoms. The highest BCUT2D eigenvalue weighted by atomic mass is 16.4. The van der Waals surface area contributed by atoms with E-state index in [1.165, 1.54) is 57.4 Å². The van der Waals surface area contributed by atoms with Gasteiger partial charge < -0.3 is 57.2 Å². The number of aliphatic carboxylic acids is 1. The van der Waals surface area contributed by atoms with Gasteiger partial charge in [0.05, 0.1) is 13.2 Å². The maximum absolute atomic E-state index is 13.8. The molecule has 4 rings (SSSR count). The molecule has 3 aromatic rings. The van der Waals surface area contributed by atoms with Crippen molar-refractivity contribution < 1.29 is 54.0 Å². The van der Waals surface area contributed by atoms with Crippen LogP contribution in [0.3, 0.4) is 0 Å². The second-order valence-corrected chi connectivity index (χ2v) is 14.7. The summed E-state index contributed by atoms with van der Waals surface area (Å²) in [7, 11) is 2.55. The van der Waals surface area contributed by atoms with Crippen LogP contribution in [0.5, 0.6) is 11.5 Å². The number of nitrogens with one attached hydrogen (secondary N) is 4. The minimum absolute atomic E-state index is 0.0427. The quantitative estimate of drug-likeness (QED) is 0.0755. The van der Waals surface area contributed by atoms with E-state index >= 15 is 0 Å². The Morgan fingerprint density at radius 3 is 2.15 bits per heavy atom. The smallest absolute Gasteiger partial charge is 0.326 e. The van der Waals surface area contributed by atoms with Gasteiger partial charge in [-0.25, -0.2) is 4.79 Å². The molecule has 322 valence electrons. The average Bonchev–Trinajstić information content (AvgIpc) is 3.22. The van der Waals surface area contributed by atoms with Gasteiger partial charge in [-0.1, -0.05) is 50.5 Å². The van der Waals surface area contributed by atoms with E-state index in [1.807, 2.05) is 12.1 Å². The number of hydrogen-bond acceptors (Lipinski definition) is 11. The van der Waals surface area contributed by atoms with Crippen LogP contribution in [0, 0.1) is 0 Å². The number of carbonyl (C=O) groups is 7. The van der Waals surface area contributed by atoms with Crippen molar-refractivity contribution in [1.29, 1.82) is 0 Å². The lowest BCUT2D eigenvalue weighted by molar-refractivity contribution is -0.143. The maximum Gasteiger partial charge on any atom is 0.326 e. The van der Waals surface area contributed by atoms with Crippen LogP contribution in [-0.4, -0.2) is 123 Å². The number of fused-ring (bicyclic) bond motifs is 5. The predicted octanol–water partition coefficient (Wildman–Crippen LogP) is 0.668. The Morgan fingerprint density at radius 2 is 1.52 bits per heavy atom. The average molecular weight is 832 g/mol. The zero-order valence-corrected chi connectivity index (χ0v) is 33.9. The number of likely N-dealkylation sites (N-methyl/N-ethyl adjacent to an activating group) is 2. The number of nitrogens with zero attached hydrogens (tertiary/aromatic N) is 2. The zero-order chi connectivity index (χ0) is 44.3. The molecule has 18 nitrogen and oxygen atoms in total. The number of hydrogen-bond donors (Lipinski definition) is 9. The van der Waals surface area contributed by atoms with Crippen LogP contribution in [0.2, 0.25) is 0 Å². The second kappa shape index (κ2) is 20.9. The van der Waals surface area contributed by atoms with Crippen molar-refractivity contribution in [2.75, 3.05) is 27.2 Å². The minimum atomic E-state index is -1.74. The monoisotopic (exact) mass is 831 g/mol. The third kappa shape index (κ3) is 11.6. The summed E-state index contributed by atoms with van der Waals surface area (Å²) in [5.41, 5.74) is 7.91. The van der Waals surface area contributed by atoms with Gasteiger partial charge in [0.1, 0.15) is 35.7 Å². The summed E-state index contributed by atoms with van der Waals surface area (Å²) in [5, 5.41) is 50.8. The van der Waals surface area contributed by atoms with E-state index < -0.39 is 84.9 Å². The Kier molecular flexibility index (Phi) is 16.1. The number of aryl methyl sites for hydroxylation is 1. The fourth-order valence-corrected chi connectivity index (χ4v) is 6.66. The Hall–Kier alpha value is -6.53. The molecule has 18 heteroatoms. The van der Waals surface area contributed by atoms with Crippen LogP contribution in [-0.2, 0) is 41.6 Å². The zero-order valence-electron chi connectivity index (χ0n) is 33.9. The number of rotatable bonds is 15. The number of carboxylic acids is 1. The number of aromatic hydroxyl groups is 2. The van der Waals surface area contributed by atoms with Gasteiger partial charge in [0.25, 0.3) is 11.8 Å². The molecule has 10 N–H and O–H groups in total. The summed E-state index contributed by atoms with van der Waals surface area (Å²) in [5.74, 6) is -7.08.